The molecule has 3 amide bonds. The summed E-state index contributed by atoms with van der Waals surface area (Å²) in [5, 5.41) is 7.75. The molecule has 3 N–H and O–H groups in total. The van der Waals surface area contributed by atoms with Crippen LogP contribution in [0.1, 0.15) is 39.2 Å². The third-order valence-electron chi connectivity index (χ3n) is 4.51. The van der Waals surface area contributed by atoms with Gasteiger partial charge >= 0.3 is 6.09 Å². The van der Waals surface area contributed by atoms with E-state index in [1.807, 2.05) is 51.1 Å². The average Bonchev–Trinajstić information content (AvgIpc) is 2.76. The first-order valence-corrected chi connectivity index (χ1v) is 10.9. The molecule has 1 aromatic carbocycles. The quantitative estimate of drug-likeness (QED) is 0.293. The standard InChI is InChI=1S/C23H35N3O6/c1-5-11-24-22(29)20(27)18(15-17-9-7-6-8-10-17)25-21(28)19(14-16(2)3)26-23(30)32-13-12-31-4/h6-10,16,18-19H,5,11-15H2,1-4H3,(H,24,29)(H,25,28)(H,26,30)/t18-,19-/m0/s1. The smallest absolute Gasteiger partial charge is 0.407 e. The van der Waals surface area contributed by atoms with Crippen LogP contribution in [0.3, 0.4) is 0 Å². The van der Waals surface area contributed by atoms with Crippen LogP contribution in [0.15, 0.2) is 30.3 Å². The molecule has 178 valence electrons. The Kier molecular flexibility index (Phi) is 12.7. The number of hydrogen-bond acceptors (Lipinski definition) is 6. The lowest BCUT2D eigenvalue weighted by Gasteiger charge is -2.23. The van der Waals surface area contributed by atoms with Gasteiger partial charge in [-0.25, -0.2) is 4.79 Å². The van der Waals surface area contributed by atoms with Crippen molar-refractivity contribution in [3.63, 3.8) is 0 Å². The monoisotopic (exact) mass is 449 g/mol. The molecule has 0 spiro atoms. The number of ether oxygens (including phenoxy) is 2. The summed E-state index contributed by atoms with van der Waals surface area (Å²) in [5.41, 5.74) is 0.793. The highest BCUT2D eigenvalue weighted by molar-refractivity contribution is 6.38. The van der Waals surface area contributed by atoms with E-state index in [9.17, 15) is 19.2 Å². The Hall–Kier alpha value is -2.94. The van der Waals surface area contributed by atoms with Crippen LogP contribution in [-0.2, 0) is 30.3 Å². The van der Waals surface area contributed by atoms with Gasteiger partial charge in [-0.2, -0.15) is 0 Å². The Labute approximate surface area is 189 Å². The van der Waals surface area contributed by atoms with Crippen molar-refractivity contribution in [3.05, 3.63) is 35.9 Å². The van der Waals surface area contributed by atoms with E-state index in [0.29, 0.717) is 19.4 Å². The summed E-state index contributed by atoms with van der Waals surface area (Å²) in [4.78, 5) is 50.1. The number of methoxy groups -OCH3 is 1. The first kappa shape index (κ1) is 27.1. The van der Waals surface area contributed by atoms with Crippen molar-refractivity contribution in [2.24, 2.45) is 5.92 Å². The molecule has 0 saturated carbocycles. The number of hydrogen-bond donors (Lipinski definition) is 3. The maximum Gasteiger partial charge on any atom is 0.407 e. The minimum Gasteiger partial charge on any atom is -0.447 e. The summed E-state index contributed by atoms with van der Waals surface area (Å²) in [6, 6.07) is 7.10. The first-order chi connectivity index (χ1) is 15.3. The van der Waals surface area contributed by atoms with Gasteiger partial charge in [0.15, 0.2) is 0 Å². The minimum absolute atomic E-state index is 0.0467. The third-order valence-corrected chi connectivity index (χ3v) is 4.51. The fraction of sp³-hybridized carbons (Fsp3) is 0.565. The number of benzene rings is 1. The van der Waals surface area contributed by atoms with Crippen molar-refractivity contribution in [2.75, 3.05) is 26.9 Å². The van der Waals surface area contributed by atoms with Crippen LogP contribution < -0.4 is 16.0 Å². The summed E-state index contributed by atoms with van der Waals surface area (Å²) < 4.78 is 9.82. The summed E-state index contributed by atoms with van der Waals surface area (Å²) in [6.07, 6.45) is 0.409. The van der Waals surface area contributed by atoms with E-state index in [2.05, 4.69) is 16.0 Å². The average molecular weight is 450 g/mol. The van der Waals surface area contributed by atoms with Crippen LogP contribution in [0.4, 0.5) is 4.79 Å². The van der Waals surface area contributed by atoms with Gasteiger partial charge in [-0.15, -0.1) is 0 Å². The highest BCUT2D eigenvalue weighted by atomic mass is 16.6. The summed E-state index contributed by atoms with van der Waals surface area (Å²) in [5.74, 6) is -1.96. The number of rotatable bonds is 14. The number of alkyl carbamates (subject to hydrolysis) is 1. The highest BCUT2D eigenvalue weighted by Crippen LogP contribution is 2.09. The largest absolute Gasteiger partial charge is 0.447 e. The van der Waals surface area contributed by atoms with Gasteiger partial charge in [0.1, 0.15) is 18.7 Å². The molecule has 0 saturated heterocycles. The van der Waals surface area contributed by atoms with Crippen LogP contribution >= 0.6 is 0 Å². The molecule has 2 atom stereocenters. The van der Waals surface area contributed by atoms with Crippen molar-refractivity contribution in [3.8, 4) is 0 Å². The third kappa shape index (κ3) is 10.4. The van der Waals surface area contributed by atoms with Crippen molar-refractivity contribution in [1.82, 2.24) is 16.0 Å². The maximum absolute atomic E-state index is 13.0. The van der Waals surface area contributed by atoms with Gasteiger partial charge in [-0.1, -0.05) is 51.1 Å². The predicted molar refractivity (Wildman–Crippen MR) is 120 cm³/mol. The number of ketones is 1. The van der Waals surface area contributed by atoms with E-state index in [0.717, 1.165) is 5.56 Å². The zero-order chi connectivity index (χ0) is 23.9. The van der Waals surface area contributed by atoms with Gasteiger partial charge in [0.05, 0.1) is 6.61 Å². The normalized spacial score (nSPS) is 12.5. The second-order valence-electron chi connectivity index (χ2n) is 7.83. The molecule has 0 aromatic heterocycles. The molecule has 32 heavy (non-hydrogen) atoms. The zero-order valence-electron chi connectivity index (χ0n) is 19.3. The topological polar surface area (TPSA) is 123 Å². The zero-order valence-corrected chi connectivity index (χ0v) is 19.3. The molecule has 0 unspecified atom stereocenters. The number of amides is 3. The number of carbonyl (C=O) groups is 4. The van der Waals surface area contributed by atoms with E-state index in [1.165, 1.54) is 7.11 Å². The number of Topliss-reactive ketones (excluding diaryl/α,β-unsaturated/α-hetero) is 1. The maximum atomic E-state index is 13.0. The molecule has 0 fully saturated rings. The van der Waals surface area contributed by atoms with E-state index < -0.39 is 35.8 Å². The van der Waals surface area contributed by atoms with Crippen LogP contribution in [0.2, 0.25) is 0 Å². The molecular weight excluding hydrogens is 414 g/mol. The Morgan fingerprint density at radius 3 is 2.25 bits per heavy atom. The second kappa shape index (κ2) is 15.0. The summed E-state index contributed by atoms with van der Waals surface area (Å²) >= 11 is 0. The fourth-order valence-corrected chi connectivity index (χ4v) is 2.92. The van der Waals surface area contributed by atoms with Crippen molar-refractivity contribution >= 4 is 23.7 Å². The molecule has 0 aliphatic heterocycles. The fourth-order valence-electron chi connectivity index (χ4n) is 2.92. The van der Waals surface area contributed by atoms with Gasteiger partial charge in [0.2, 0.25) is 11.7 Å². The van der Waals surface area contributed by atoms with Crippen molar-refractivity contribution < 1.29 is 28.7 Å². The highest BCUT2D eigenvalue weighted by Gasteiger charge is 2.30. The number of carbonyl (C=O) groups excluding carboxylic acids is 4. The molecule has 1 rings (SSSR count). The molecule has 9 nitrogen and oxygen atoms in total. The Bertz CT molecular complexity index is 739. The van der Waals surface area contributed by atoms with Gasteiger partial charge in [0.25, 0.3) is 5.91 Å². The van der Waals surface area contributed by atoms with E-state index in [4.69, 9.17) is 9.47 Å². The first-order valence-electron chi connectivity index (χ1n) is 10.9. The Morgan fingerprint density at radius 1 is 0.969 bits per heavy atom. The molecule has 0 radical (unpaired) electrons. The van der Waals surface area contributed by atoms with E-state index in [-0.39, 0.29) is 25.6 Å². The SMILES string of the molecule is CCCNC(=O)C(=O)[C@H](Cc1ccccc1)NC(=O)[C@H](CC(C)C)NC(=O)OCCOC. The Balaban J connectivity index is 2.95. The van der Waals surface area contributed by atoms with Crippen LogP contribution in [0.25, 0.3) is 0 Å². The van der Waals surface area contributed by atoms with Gasteiger partial charge in [-0.3, -0.25) is 14.4 Å². The van der Waals surface area contributed by atoms with Gasteiger partial charge in [-0.05, 0) is 24.3 Å². The molecule has 0 bridgehead atoms. The van der Waals surface area contributed by atoms with Crippen LogP contribution in [0.5, 0.6) is 0 Å². The summed E-state index contributed by atoms with van der Waals surface area (Å²) in [6.45, 7) is 6.33. The minimum atomic E-state index is -1.07. The van der Waals surface area contributed by atoms with Crippen molar-refractivity contribution in [1.29, 1.82) is 0 Å². The second-order valence-corrected chi connectivity index (χ2v) is 7.83. The molecular formula is C23H35N3O6. The Morgan fingerprint density at radius 2 is 1.66 bits per heavy atom. The lowest BCUT2D eigenvalue weighted by molar-refractivity contribution is -0.140. The lowest BCUT2D eigenvalue weighted by Crippen LogP contribution is -2.55. The van der Waals surface area contributed by atoms with E-state index >= 15 is 0 Å². The predicted octanol–water partition coefficient (Wildman–Crippen LogP) is 1.60. The molecule has 0 aliphatic carbocycles. The molecule has 0 aliphatic rings. The van der Waals surface area contributed by atoms with Crippen LogP contribution in [0, 0.1) is 5.92 Å². The molecule has 1 aromatic rings. The van der Waals surface area contributed by atoms with Gasteiger partial charge < -0.3 is 25.4 Å². The lowest BCUT2D eigenvalue weighted by atomic mass is 9.99. The number of nitrogens with one attached hydrogen (secondary N) is 3. The molecule has 0 heterocycles. The summed E-state index contributed by atoms with van der Waals surface area (Å²) in [7, 11) is 1.48. The van der Waals surface area contributed by atoms with Crippen molar-refractivity contribution in [2.45, 2.75) is 52.1 Å². The van der Waals surface area contributed by atoms with Crippen LogP contribution in [-0.4, -0.2) is 62.6 Å². The van der Waals surface area contributed by atoms with E-state index in [1.54, 1.807) is 0 Å². The molecule has 9 heteroatoms. The van der Waals surface area contributed by atoms with Gasteiger partial charge in [0, 0.05) is 20.1 Å².